The van der Waals surface area contributed by atoms with Crippen LogP contribution in [0.3, 0.4) is 0 Å². The summed E-state index contributed by atoms with van der Waals surface area (Å²) < 4.78 is 47.6. The van der Waals surface area contributed by atoms with Gasteiger partial charge in [-0.2, -0.15) is 13.2 Å². The number of aliphatic carboxylic acids is 1. The average molecular weight is 327 g/mol. The van der Waals surface area contributed by atoms with Crippen molar-refractivity contribution in [3.63, 3.8) is 0 Å². The zero-order chi connectivity index (χ0) is 16.9. The molecule has 2 rings (SSSR count). The Balaban J connectivity index is 2.00. The summed E-state index contributed by atoms with van der Waals surface area (Å²) >= 11 is 0. The Morgan fingerprint density at radius 3 is 2.39 bits per heavy atom. The Labute approximate surface area is 129 Å². The molecule has 1 aromatic heterocycles. The highest BCUT2D eigenvalue weighted by Gasteiger charge is 2.31. The van der Waals surface area contributed by atoms with Gasteiger partial charge >= 0.3 is 12.1 Å². The number of ether oxygens (including phenoxy) is 2. The van der Waals surface area contributed by atoms with E-state index in [9.17, 15) is 18.0 Å². The lowest BCUT2D eigenvalue weighted by atomic mass is 10.3. The van der Waals surface area contributed by atoms with Crippen LogP contribution >= 0.6 is 0 Å². The van der Waals surface area contributed by atoms with Crippen LogP contribution in [0.2, 0.25) is 0 Å². The summed E-state index contributed by atoms with van der Waals surface area (Å²) in [4.78, 5) is 14.6. The van der Waals surface area contributed by atoms with Crippen LogP contribution in [0.5, 0.6) is 11.6 Å². The molecule has 1 unspecified atom stereocenters. The van der Waals surface area contributed by atoms with Crippen LogP contribution < -0.4 is 9.47 Å². The first-order valence-corrected chi connectivity index (χ1v) is 6.47. The molecule has 0 aliphatic rings. The number of alkyl halides is 3. The van der Waals surface area contributed by atoms with Gasteiger partial charge in [-0.15, -0.1) is 0 Å². The number of pyridine rings is 1. The molecule has 122 valence electrons. The summed E-state index contributed by atoms with van der Waals surface area (Å²) in [7, 11) is 0. The van der Waals surface area contributed by atoms with Crippen molar-refractivity contribution in [3.05, 3.63) is 54.2 Å². The molecule has 0 bridgehead atoms. The zero-order valence-corrected chi connectivity index (χ0v) is 11.7. The molecule has 5 nitrogen and oxygen atoms in total. The van der Waals surface area contributed by atoms with E-state index < -0.39 is 23.8 Å². The minimum atomic E-state index is -4.52. The third-order valence-electron chi connectivity index (χ3n) is 2.75. The summed E-state index contributed by atoms with van der Waals surface area (Å²) in [6.07, 6.45) is -5.35. The fraction of sp³-hybridized carbons (Fsp3) is 0.200. The molecular weight excluding hydrogens is 315 g/mol. The van der Waals surface area contributed by atoms with Gasteiger partial charge in [0.2, 0.25) is 12.0 Å². The van der Waals surface area contributed by atoms with Crippen molar-refractivity contribution in [2.24, 2.45) is 0 Å². The number of para-hydroxylation sites is 1. The van der Waals surface area contributed by atoms with Gasteiger partial charge in [-0.25, -0.2) is 9.78 Å². The van der Waals surface area contributed by atoms with Crippen LogP contribution in [0.1, 0.15) is 5.56 Å². The van der Waals surface area contributed by atoms with Gasteiger partial charge in [0, 0.05) is 12.3 Å². The quantitative estimate of drug-likeness (QED) is 0.883. The number of benzene rings is 1. The smallest absolute Gasteiger partial charge is 0.417 e. The highest BCUT2D eigenvalue weighted by molar-refractivity contribution is 5.72. The first-order chi connectivity index (χ1) is 10.9. The molecule has 0 amide bonds. The van der Waals surface area contributed by atoms with Crippen molar-refractivity contribution in [1.82, 2.24) is 4.98 Å². The van der Waals surface area contributed by atoms with Crippen molar-refractivity contribution in [2.45, 2.75) is 12.3 Å². The molecule has 0 saturated heterocycles. The largest absolute Gasteiger partial charge is 0.489 e. The molecular formula is C15H12F3NO4. The van der Waals surface area contributed by atoms with Crippen LogP contribution in [0, 0.1) is 0 Å². The van der Waals surface area contributed by atoms with E-state index in [0.717, 1.165) is 12.1 Å². The number of carboxylic acid groups (broad SMARTS) is 1. The maximum absolute atomic E-state index is 12.4. The van der Waals surface area contributed by atoms with Crippen molar-refractivity contribution in [1.29, 1.82) is 0 Å². The second-order valence-electron chi connectivity index (χ2n) is 4.45. The van der Waals surface area contributed by atoms with E-state index >= 15 is 0 Å². The summed E-state index contributed by atoms with van der Waals surface area (Å²) in [6.45, 7) is -0.317. The van der Waals surface area contributed by atoms with E-state index in [-0.39, 0.29) is 12.5 Å². The summed E-state index contributed by atoms with van der Waals surface area (Å²) in [5.41, 5.74) is -0.947. The maximum Gasteiger partial charge on any atom is 0.417 e. The molecule has 1 aromatic carbocycles. The Hall–Kier alpha value is -2.77. The third kappa shape index (κ3) is 4.87. The van der Waals surface area contributed by atoms with E-state index in [1.807, 2.05) is 0 Å². The highest BCUT2D eigenvalue weighted by Crippen LogP contribution is 2.29. The molecule has 23 heavy (non-hydrogen) atoms. The number of hydrogen-bond acceptors (Lipinski definition) is 4. The predicted molar refractivity (Wildman–Crippen MR) is 73.2 cm³/mol. The molecule has 0 radical (unpaired) electrons. The van der Waals surface area contributed by atoms with E-state index in [0.29, 0.717) is 11.9 Å². The second-order valence-corrected chi connectivity index (χ2v) is 4.45. The van der Waals surface area contributed by atoms with Gasteiger partial charge in [0.1, 0.15) is 12.4 Å². The summed E-state index contributed by atoms with van der Waals surface area (Å²) in [5.74, 6) is -1.10. The predicted octanol–water partition coefficient (Wildman–Crippen LogP) is 3.01. The van der Waals surface area contributed by atoms with Gasteiger partial charge in [0.05, 0.1) is 5.56 Å². The van der Waals surface area contributed by atoms with E-state index in [1.165, 1.54) is 0 Å². The summed E-state index contributed by atoms with van der Waals surface area (Å²) in [6, 6.07) is 10.2. The van der Waals surface area contributed by atoms with Gasteiger partial charge in [0.15, 0.2) is 0 Å². The fourth-order valence-corrected chi connectivity index (χ4v) is 1.61. The monoisotopic (exact) mass is 327 g/mol. The van der Waals surface area contributed by atoms with Gasteiger partial charge in [-0.05, 0) is 18.2 Å². The fourth-order valence-electron chi connectivity index (χ4n) is 1.61. The molecule has 0 aliphatic carbocycles. The molecule has 1 heterocycles. The van der Waals surface area contributed by atoms with Crippen molar-refractivity contribution in [2.75, 3.05) is 6.61 Å². The van der Waals surface area contributed by atoms with E-state index in [1.54, 1.807) is 30.3 Å². The highest BCUT2D eigenvalue weighted by atomic mass is 19.4. The van der Waals surface area contributed by atoms with Crippen molar-refractivity contribution < 1.29 is 32.5 Å². The number of halogens is 3. The standard InChI is InChI=1S/C15H12F3NO4/c16-15(17,18)10-6-7-13(19-8-10)23-12(14(20)21)9-22-11-4-2-1-3-5-11/h1-8,12H,9H2,(H,20,21). The number of nitrogens with zero attached hydrogens (tertiary/aromatic N) is 1. The van der Waals surface area contributed by atoms with E-state index in [4.69, 9.17) is 14.6 Å². The van der Waals surface area contributed by atoms with Crippen LogP contribution in [0.15, 0.2) is 48.7 Å². The number of carbonyl (C=O) groups is 1. The normalized spacial score (nSPS) is 12.5. The number of carboxylic acids is 1. The molecule has 0 saturated carbocycles. The van der Waals surface area contributed by atoms with Gasteiger partial charge < -0.3 is 14.6 Å². The van der Waals surface area contributed by atoms with Crippen molar-refractivity contribution in [3.8, 4) is 11.6 Å². The Bertz CT molecular complexity index is 644. The molecule has 2 aromatic rings. The summed E-state index contributed by atoms with van der Waals surface area (Å²) in [5, 5.41) is 9.08. The van der Waals surface area contributed by atoms with Gasteiger partial charge in [0.25, 0.3) is 0 Å². The Morgan fingerprint density at radius 2 is 1.87 bits per heavy atom. The number of rotatable bonds is 6. The van der Waals surface area contributed by atoms with Gasteiger partial charge in [-0.1, -0.05) is 18.2 Å². The SMILES string of the molecule is O=C(O)C(COc1ccccc1)Oc1ccc(C(F)(F)F)cn1. The second kappa shape index (κ2) is 6.99. The molecule has 1 atom stereocenters. The number of hydrogen-bond donors (Lipinski definition) is 1. The minimum Gasteiger partial charge on any atom is -0.489 e. The lowest BCUT2D eigenvalue weighted by Crippen LogP contribution is -2.33. The Morgan fingerprint density at radius 1 is 1.17 bits per heavy atom. The van der Waals surface area contributed by atoms with Crippen LogP contribution in [0.25, 0.3) is 0 Å². The molecule has 0 aliphatic heterocycles. The van der Waals surface area contributed by atoms with E-state index in [2.05, 4.69) is 4.98 Å². The molecule has 8 heteroatoms. The average Bonchev–Trinajstić information content (AvgIpc) is 2.51. The number of aromatic nitrogens is 1. The van der Waals surface area contributed by atoms with Crippen LogP contribution in [-0.2, 0) is 11.0 Å². The molecule has 0 fully saturated rings. The first kappa shape index (κ1) is 16.6. The minimum absolute atomic E-state index is 0.234. The lowest BCUT2D eigenvalue weighted by Gasteiger charge is -2.15. The van der Waals surface area contributed by atoms with Gasteiger partial charge in [-0.3, -0.25) is 0 Å². The van der Waals surface area contributed by atoms with Crippen molar-refractivity contribution >= 4 is 5.97 Å². The molecule has 1 N–H and O–H groups in total. The third-order valence-corrected chi connectivity index (χ3v) is 2.75. The zero-order valence-electron chi connectivity index (χ0n) is 11.7. The van der Waals surface area contributed by atoms with Crippen LogP contribution in [0.4, 0.5) is 13.2 Å². The Kier molecular flexibility index (Phi) is 5.05. The maximum atomic E-state index is 12.4. The van der Waals surface area contributed by atoms with Crippen LogP contribution in [-0.4, -0.2) is 28.8 Å². The first-order valence-electron chi connectivity index (χ1n) is 6.47. The molecule has 0 spiro atoms. The topological polar surface area (TPSA) is 68.7 Å². The lowest BCUT2D eigenvalue weighted by molar-refractivity contribution is -0.146.